The first-order valence-electron chi connectivity index (χ1n) is 4.74. The average Bonchev–Trinajstić information content (AvgIpc) is 1.99. The smallest absolute Gasteiger partial charge is 0.156 e. The minimum Gasteiger partial charge on any atom is -0.313 e. The summed E-state index contributed by atoms with van der Waals surface area (Å²) in [5, 5.41) is 2.55. The van der Waals surface area contributed by atoms with Crippen molar-refractivity contribution in [1.82, 2.24) is 5.32 Å². The fourth-order valence-electron chi connectivity index (χ4n) is 0.982. The van der Waals surface area contributed by atoms with Crippen LogP contribution in [0.25, 0.3) is 0 Å². The van der Waals surface area contributed by atoms with Crippen molar-refractivity contribution in [3.8, 4) is 0 Å². The van der Waals surface area contributed by atoms with Gasteiger partial charge < -0.3 is 5.32 Å². The highest BCUT2D eigenvalue weighted by atomic mass is 32.2. The van der Waals surface area contributed by atoms with Crippen LogP contribution in [-0.2, 0) is 9.84 Å². The molecule has 0 bridgehead atoms. The van der Waals surface area contributed by atoms with Gasteiger partial charge >= 0.3 is 0 Å². The second-order valence-electron chi connectivity index (χ2n) is 4.01. The highest BCUT2D eigenvalue weighted by Crippen LogP contribution is 2.07. The minimum absolute atomic E-state index is 0.281. The van der Waals surface area contributed by atoms with E-state index in [0.29, 0.717) is 12.6 Å². The van der Waals surface area contributed by atoms with E-state index in [-0.39, 0.29) is 10.5 Å². The lowest BCUT2D eigenvalue weighted by Gasteiger charge is -2.17. The molecule has 0 aromatic carbocycles. The standard InChI is InChI=1S/C9H21NO2S/c1-7(2)10-6-9(5)13(11,12)8(3)4/h7-10H,6H2,1-5H3. The van der Waals surface area contributed by atoms with E-state index in [4.69, 9.17) is 0 Å². The van der Waals surface area contributed by atoms with Crippen LogP contribution in [-0.4, -0.2) is 31.5 Å². The molecule has 4 heteroatoms. The van der Waals surface area contributed by atoms with Crippen molar-refractivity contribution in [1.29, 1.82) is 0 Å². The molecule has 80 valence electrons. The van der Waals surface area contributed by atoms with Gasteiger partial charge in [0.1, 0.15) is 0 Å². The quantitative estimate of drug-likeness (QED) is 0.737. The van der Waals surface area contributed by atoms with Crippen LogP contribution >= 0.6 is 0 Å². The van der Waals surface area contributed by atoms with E-state index in [9.17, 15) is 8.42 Å². The van der Waals surface area contributed by atoms with Crippen LogP contribution in [0.1, 0.15) is 34.6 Å². The summed E-state index contributed by atoms with van der Waals surface area (Å²) in [6.45, 7) is 9.76. The second-order valence-corrected chi connectivity index (χ2v) is 6.94. The summed E-state index contributed by atoms with van der Waals surface area (Å²) in [7, 11) is -2.94. The van der Waals surface area contributed by atoms with Gasteiger partial charge in [0, 0.05) is 12.6 Å². The maximum atomic E-state index is 11.6. The second kappa shape index (κ2) is 4.96. The molecule has 1 atom stereocenters. The van der Waals surface area contributed by atoms with Crippen molar-refractivity contribution in [2.75, 3.05) is 6.54 Å². The van der Waals surface area contributed by atoms with E-state index < -0.39 is 9.84 Å². The van der Waals surface area contributed by atoms with Gasteiger partial charge in [-0.05, 0) is 20.8 Å². The van der Waals surface area contributed by atoms with Crippen molar-refractivity contribution >= 4 is 9.84 Å². The molecule has 0 aliphatic heterocycles. The van der Waals surface area contributed by atoms with E-state index >= 15 is 0 Å². The third kappa shape index (κ3) is 4.09. The highest BCUT2D eigenvalue weighted by molar-refractivity contribution is 7.92. The van der Waals surface area contributed by atoms with Gasteiger partial charge in [-0.2, -0.15) is 0 Å². The third-order valence-corrected chi connectivity index (χ3v) is 4.63. The Morgan fingerprint density at radius 3 is 1.85 bits per heavy atom. The van der Waals surface area contributed by atoms with Gasteiger partial charge in [-0.3, -0.25) is 0 Å². The largest absolute Gasteiger partial charge is 0.313 e. The predicted molar refractivity (Wildman–Crippen MR) is 56.7 cm³/mol. The van der Waals surface area contributed by atoms with Gasteiger partial charge in [0.2, 0.25) is 0 Å². The summed E-state index contributed by atoms with van der Waals surface area (Å²) in [4.78, 5) is 0. The molecule has 0 saturated carbocycles. The number of hydrogen-bond donors (Lipinski definition) is 1. The molecule has 0 heterocycles. The Morgan fingerprint density at radius 1 is 1.08 bits per heavy atom. The van der Waals surface area contributed by atoms with Crippen molar-refractivity contribution in [2.45, 2.75) is 51.2 Å². The average molecular weight is 207 g/mol. The molecule has 0 saturated heterocycles. The van der Waals surface area contributed by atoms with Crippen LogP contribution in [0.4, 0.5) is 0 Å². The predicted octanol–water partition coefficient (Wildman–Crippen LogP) is 1.20. The summed E-state index contributed by atoms with van der Waals surface area (Å²) < 4.78 is 23.2. The Morgan fingerprint density at radius 2 is 1.54 bits per heavy atom. The molecule has 0 fully saturated rings. The van der Waals surface area contributed by atoms with Gasteiger partial charge in [-0.25, -0.2) is 8.42 Å². The highest BCUT2D eigenvalue weighted by Gasteiger charge is 2.24. The lowest BCUT2D eigenvalue weighted by Crippen LogP contribution is -2.37. The van der Waals surface area contributed by atoms with Crippen LogP contribution in [0, 0.1) is 0 Å². The van der Waals surface area contributed by atoms with Crippen LogP contribution in [0.3, 0.4) is 0 Å². The fraction of sp³-hybridized carbons (Fsp3) is 1.00. The Bertz CT molecular complexity index is 232. The van der Waals surface area contributed by atoms with Gasteiger partial charge in [0.05, 0.1) is 10.5 Å². The maximum Gasteiger partial charge on any atom is 0.156 e. The molecule has 0 aromatic rings. The van der Waals surface area contributed by atoms with Gasteiger partial charge in [-0.1, -0.05) is 13.8 Å². The zero-order chi connectivity index (χ0) is 10.6. The molecule has 0 rings (SSSR count). The van der Waals surface area contributed by atoms with E-state index in [0.717, 1.165) is 0 Å². The van der Waals surface area contributed by atoms with Crippen LogP contribution in [0.2, 0.25) is 0 Å². The minimum atomic E-state index is -2.94. The zero-order valence-electron chi connectivity index (χ0n) is 9.16. The molecule has 0 aliphatic rings. The normalized spacial score (nSPS) is 15.3. The Labute approximate surface area is 81.8 Å². The van der Waals surface area contributed by atoms with Crippen molar-refractivity contribution in [2.24, 2.45) is 0 Å². The molecule has 0 aliphatic carbocycles. The SMILES string of the molecule is CC(C)NCC(C)S(=O)(=O)C(C)C. The summed E-state index contributed by atoms with van der Waals surface area (Å²) in [6, 6.07) is 0.338. The van der Waals surface area contributed by atoms with Gasteiger partial charge in [0.25, 0.3) is 0 Å². The Balaban J connectivity index is 4.19. The van der Waals surface area contributed by atoms with E-state index in [1.165, 1.54) is 0 Å². The molecule has 0 amide bonds. The summed E-state index contributed by atoms with van der Waals surface area (Å²) >= 11 is 0. The molecule has 3 nitrogen and oxygen atoms in total. The Hall–Kier alpha value is -0.0900. The first-order chi connectivity index (χ1) is 5.78. The molecule has 0 radical (unpaired) electrons. The Kier molecular flexibility index (Phi) is 4.92. The van der Waals surface area contributed by atoms with Gasteiger partial charge in [0.15, 0.2) is 9.84 Å². The molecular weight excluding hydrogens is 186 g/mol. The van der Waals surface area contributed by atoms with Crippen LogP contribution in [0.15, 0.2) is 0 Å². The maximum absolute atomic E-state index is 11.6. The zero-order valence-corrected chi connectivity index (χ0v) is 9.98. The van der Waals surface area contributed by atoms with Crippen molar-refractivity contribution in [3.05, 3.63) is 0 Å². The summed E-state index contributed by atoms with van der Waals surface area (Å²) in [6.07, 6.45) is 0. The van der Waals surface area contributed by atoms with Gasteiger partial charge in [-0.15, -0.1) is 0 Å². The molecule has 0 spiro atoms. The number of rotatable bonds is 5. The van der Waals surface area contributed by atoms with Crippen LogP contribution in [0.5, 0.6) is 0 Å². The van der Waals surface area contributed by atoms with Crippen LogP contribution < -0.4 is 5.32 Å². The first kappa shape index (κ1) is 12.9. The number of nitrogens with one attached hydrogen (secondary N) is 1. The van der Waals surface area contributed by atoms with Crippen molar-refractivity contribution < 1.29 is 8.42 Å². The molecule has 13 heavy (non-hydrogen) atoms. The molecule has 1 unspecified atom stereocenters. The molecule has 1 N–H and O–H groups in total. The van der Waals surface area contributed by atoms with Crippen molar-refractivity contribution in [3.63, 3.8) is 0 Å². The van der Waals surface area contributed by atoms with E-state index in [1.54, 1.807) is 20.8 Å². The molecular formula is C9H21NO2S. The summed E-state index contributed by atoms with van der Waals surface area (Å²) in [5.74, 6) is 0. The van der Waals surface area contributed by atoms with E-state index in [2.05, 4.69) is 5.32 Å². The lowest BCUT2D eigenvalue weighted by molar-refractivity contribution is 0.544. The number of sulfone groups is 1. The fourth-order valence-corrected chi connectivity index (χ4v) is 2.24. The first-order valence-corrected chi connectivity index (χ1v) is 6.35. The molecule has 0 aromatic heterocycles. The lowest BCUT2D eigenvalue weighted by atomic mass is 10.3. The monoisotopic (exact) mass is 207 g/mol. The third-order valence-electron chi connectivity index (χ3n) is 2.03. The van der Waals surface area contributed by atoms with E-state index in [1.807, 2.05) is 13.8 Å². The number of hydrogen-bond acceptors (Lipinski definition) is 3. The topological polar surface area (TPSA) is 46.2 Å². The summed E-state index contributed by atoms with van der Waals surface area (Å²) in [5.41, 5.74) is 0.